The minimum atomic E-state index is -0.712. The molecule has 1 unspecified atom stereocenters. The summed E-state index contributed by atoms with van der Waals surface area (Å²) >= 11 is 0. The number of amides is 2. The largest absolute Gasteiger partial charge is 0.393 e. The normalized spacial score (nSPS) is 14.7. The molecule has 0 bridgehead atoms. The average Bonchev–Trinajstić information content (AvgIpc) is 2.59. The molecule has 26 heavy (non-hydrogen) atoms. The van der Waals surface area contributed by atoms with Gasteiger partial charge in [-0.15, -0.1) is 0 Å². The van der Waals surface area contributed by atoms with Gasteiger partial charge in [0.05, 0.1) is 6.10 Å². The minimum absolute atomic E-state index is 0.120. The zero-order valence-corrected chi connectivity index (χ0v) is 16.2. The first-order valence-electron chi connectivity index (χ1n) is 9.42. The quantitative estimate of drug-likeness (QED) is 0.534. The van der Waals surface area contributed by atoms with Crippen LogP contribution in [0.15, 0.2) is 30.3 Å². The van der Waals surface area contributed by atoms with Crippen LogP contribution in [-0.4, -0.2) is 29.6 Å². The molecule has 145 valence electrons. The molecule has 1 rings (SSSR count). The van der Waals surface area contributed by atoms with Crippen LogP contribution >= 0.6 is 0 Å². The van der Waals surface area contributed by atoms with Gasteiger partial charge in [0.2, 0.25) is 11.8 Å². The summed E-state index contributed by atoms with van der Waals surface area (Å²) in [6, 6.07) is 9.84. The lowest BCUT2D eigenvalue weighted by molar-refractivity contribution is -0.127. The number of aliphatic hydroxyl groups excluding tert-OH is 1. The first-order valence-corrected chi connectivity index (χ1v) is 9.42. The summed E-state index contributed by atoms with van der Waals surface area (Å²) in [5.41, 5.74) is 6.46. The summed E-state index contributed by atoms with van der Waals surface area (Å²) in [6.45, 7) is 6.51. The van der Waals surface area contributed by atoms with E-state index in [4.69, 9.17) is 5.73 Å². The fraction of sp³-hybridized carbons (Fsp3) is 0.571. The van der Waals surface area contributed by atoms with Gasteiger partial charge >= 0.3 is 0 Å². The Morgan fingerprint density at radius 1 is 1.15 bits per heavy atom. The molecule has 1 aromatic carbocycles. The molecule has 0 fully saturated rings. The van der Waals surface area contributed by atoms with Gasteiger partial charge < -0.3 is 16.2 Å². The van der Waals surface area contributed by atoms with Crippen LogP contribution in [0.1, 0.15) is 45.6 Å². The summed E-state index contributed by atoms with van der Waals surface area (Å²) in [5, 5.41) is 13.3. The third-order valence-corrected chi connectivity index (χ3v) is 4.51. The lowest BCUT2D eigenvalue weighted by atomic mass is 9.88. The summed E-state index contributed by atoms with van der Waals surface area (Å²) in [5.74, 6) is -0.884. The Hall–Kier alpha value is -1.88. The van der Waals surface area contributed by atoms with E-state index in [1.54, 1.807) is 13.3 Å². The average molecular weight is 362 g/mol. The summed E-state index contributed by atoms with van der Waals surface area (Å²) in [6.07, 6.45) is 3.26. The molecule has 5 nitrogen and oxygen atoms in total. The number of primary amides is 1. The number of hydrogen-bond donors (Lipinski definition) is 3. The monoisotopic (exact) mass is 361 g/mol. The Morgan fingerprint density at radius 2 is 1.81 bits per heavy atom. The molecular formula is C21H33N2O3. The Labute approximate surface area is 157 Å². The lowest BCUT2D eigenvalue weighted by Gasteiger charge is -2.22. The van der Waals surface area contributed by atoms with Crippen LogP contribution in [0, 0.1) is 24.2 Å². The maximum atomic E-state index is 12.5. The van der Waals surface area contributed by atoms with E-state index in [1.807, 2.05) is 30.3 Å². The number of nitrogens with one attached hydrogen (secondary N) is 1. The van der Waals surface area contributed by atoms with Crippen LogP contribution in [0.5, 0.6) is 0 Å². The van der Waals surface area contributed by atoms with Crippen molar-refractivity contribution >= 4 is 11.8 Å². The highest BCUT2D eigenvalue weighted by molar-refractivity contribution is 5.81. The van der Waals surface area contributed by atoms with E-state index < -0.39 is 23.8 Å². The molecule has 0 saturated heterocycles. The Bertz CT molecular complexity index is 545. The second-order valence-electron chi connectivity index (χ2n) is 7.44. The number of carbonyl (C=O) groups is 2. The topological polar surface area (TPSA) is 92.4 Å². The molecule has 0 spiro atoms. The predicted molar refractivity (Wildman–Crippen MR) is 104 cm³/mol. The zero-order chi connectivity index (χ0) is 19.5. The standard InChI is InChI=1S/C21H33N2O3/c1-15(2)11-12-23-21(26)18(13-16(3)20(22)25)14-19(24)10-9-17-7-5-4-6-8-17/h4-8,10,15-16,18-19,24H,9,11-14H2,1-3H3,(H2,22,25)(H,23,26)/t16?,18-,19+/m1/s1. The van der Waals surface area contributed by atoms with Gasteiger partial charge in [-0.2, -0.15) is 0 Å². The van der Waals surface area contributed by atoms with Crippen molar-refractivity contribution in [2.75, 3.05) is 6.54 Å². The van der Waals surface area contributed by atoms with Crippen molar-refractivity contribution < 1.29 is 14.7 Å². The third-order valence-electron chi connectivity index (χ3n) is 4.51. The molecular weight excluding hydrogens is 328 g/mol. The van der Waals surface area contributed by atoms with E-state index >= 15 is 0 Å². The maximum absolute atomic E-state index is 12.5. The van der Waals surface area contributed by atoms with Gasteiger partial charge in [-0.3, -0.25) is 9.59 Å². The fourth-order valence-electron chi connectivity index (χ4n) is 2.76. The number of benzene rings is 1. The van der Waals surface area contributed by atoms with Gasteiger partial charge in [-0.05, 0) is 43.6 Å². The Morgan fingerprint density at radius 3 is 2.38 bits per heavy atom. The molecule has 0 aliphatic carbocycles. The van der Waals surface area contributed by atoms with Gasteiger partial charge in [0.25, 0.3) is 0 Å². The van der Waals surface area contributed by atoms with E-state index in [0.29, 0.717) is 25.3 Å². The molecule has 0 aromatic heterocycles. The van der Waals surface area contributed by atoms with Crippen molar-refractivity contribution in [1.82, 2.24) is 5.32 Å². The van der Waals surface area contributed by atoms with Crippen LogP contribution in [-0.2, 0) is 16.0 Å². The first kappa shape index (κ1) is 22.2. The summed E-state index contributed by atoms with van der Waals surface area (Å²) < 4.78 is 0. The predicted octanol–water partition coefficient (Wildman–Crippen LogP) is 2.47. The first-order chi connectivity index (χ1) is 12.3. The van der Waals surface area contributed by atoms with Crippen molar-refractivity contribution in [3.8, 4) is 0 Å². The molecule has 1 aromatic rings. The van der Waals surface area contributed by atoms with Crippen LogP contribution in [0.3, 0.4) is 0 Å². The van der Waals surface area contributed by atoms with Gasteiger partial charge in [0.15, 0.2) is 0 Å². The van der Waals surface area contributed by atoms with E-state index in [0.717, 1.165) is 12.0 Å². The van der Waals surface area contributed by atoms with E-state index in [1.165, 1.54) is 0 Å². The Kier molecular flexibility index (Phi) is 9.96. The number of hydrogen-bond acceptors (Lipinski definition) is 3. The highest BCUT2D eigenvalue weighted by atomic mass is 16.3. The molecule has 4 N–H and O–H groups in total. The van der Waals surface area contributed by atoms with Crippen LogP contribution in [0.25, 0.3) is 0 Å². The molecule has 0 heterocycles. The zero-order valence-electron chi connectivity index (χ0n) is 16.2. The Balaban J connectivity index is 2.58. The maximum Gasteiger partial charge on any atom is 0.223 e. The van der Waals surface area contributed by atoms with Gasteiger partial charge in [-0.25, -0.2) is 0 Å². The smallest absolute Gasteiger partial charge is 0.223 e. The molecule has 0 saturated carbocycles. The highest BCUT2D eigenvalue weighted by Gasteiger charge is 2.26. The van der Waals surface area contributed by atoms with E-state index in [2.05, 4.69) is 19.2 Å². The van der Waals surface area contributed by atoms with E-state index in [-0.39, 0.29) is 12.3 Å². The number of aliphatic hydroxyl groups is 1. The van der Waals surface area contributed by atoms with Crippen LogP contribution in [0.4, 0.5) is 0 Å². The van der Waals surface area contributed by atoms with Crippen LogP contribution in [0.2, 0.25) is 0 Å². The van der Waals surface area contributed by atoms with Crippen molar-refractivity contribution in [3.05, 3.63) is 42.3 Å². The van der Waals surface area contributed by atoms with Gasteiger partial charge in [0, 0.05) is 18.4 Å². The molecule has 2 amide bonds. The lowest BCUT2D eigenvalue weighted by Crippen LogP contribution is -2.36. The molecule has 0 aliphatic heterocycles. The second-order valence-corrected chi connectivity index (χ2v) is 7.44. The van der Waals surface area contributed by atoms with E-state index in [9.17, 15) is 14.7 Å². The SMILES string of the molecule is CC(C)CCNC(=O)[C@H](CC(C)C(N)=O)C[C@@H](O)[CH]Cc1ccccc1. The number of rotatable bonds is 12. The number of carbonyl (C=O) groups excluding carboxylic acids is 2. The van der Waals surface area contributed by atoms with Crippen molar-refractivity contribution in [1.29, 1.82) is 0 Å². The number of nitrogens with two attached hydrogens (primary N) is 1. The second kappa shape index (κ2) is 11.7. The van der Waals surface area contributed by atoms with Crippen molar-refractivity contribution in [3.63, 3.8) is 0 Å². The van der Waals surface area contributed by atoms with Crippen LogP contribution < -0.4 is 11.1 Å². The summed E-state index contributed by atoms with van der Waals surface area (Å²) in [4.78, 5) is 23.9. The van der Waals surface area contributed by atoms with Crippen molar-refractivity contribution in [2.24, 2.45) is 23.5 Å². The van der Waals surface area contributed by atoms with Crippen molar-refractivity contribution in [2.45, 2.75) is 52.6 Å². The molecule has 3 atom stereocenters. The summed E-state index contributed by atoms with van der Waals surface area (Å²) in [7, 11) is 0. The third kappa shape index (κ3) is 8.99. The minimum Gasteiger partial charge on any atom is -0.393 e. The molecule has 5 heteroatoms. The molecule has 1 radical (unpaired) electrons. The van der Waals surface area contributed by atoms with Gasteiger partial charge in [-0.1, -0.05) is 51.1 Å². The van der Waals surface area contributed by atoms with Gasteiger partial charge in [0.1, 0.15) is 0 Å². The highest BCUT2D eigenvalue weighted by Crippen LogP contribution is 2.20. The fourth-order valence-corrected chi connectivity index (χ4v) is 2.76. The molecule has 0 aliphatic rings.